The number of rotatable bonds is 7. The number of hydrogen-bond donors (Lipinski definition) is 2. The highest BCUT2D eigenvalue weighted by atomic mass is 16.2. The number of carbonyl (C=O) groups is 3. The van der Waals surface area contributed by atoms with Crippen molar-refractivity contribution >= 4 is 23.3 Å². The van der Waals surface area contributed by atoms with Crippen molar-refractivity contribution in [3.8, 4) is 0 Å². The zero-order valence-corrected chi connectivity index (χ0v) is 13.4. The molecule has 0 aliphatic heterocycles. The third-order valence-electron chi connectivity index (χ3n) is 3.32. The van der Waals surface area contributed by atoms with Crippen LogP contribution in [0.5, 0.6) is 0 Å². The number of carbonyl (C=O) groups excluding carboxylic acids is 3. The fourth-order valence-electron chi connectivity index (χ4n) is 2.00. The second kappa shape index (κ2) is 8.57. The highest BCUT2D eigenvalue weighted by Crippen LogP contribution is 2.10. The molecule has 24 heavy (non-hydrogen) atoms. The van der Waals surface area contributed by atoms with Gasteiger partial charge < -0.3 is 15.4 Å². The van der Waals surface area contributed by atoms with Crippen LogP contribution in [0.4, 0.5) is 5.69 Å². The van der Waals surface area contributed by atoms with Crippen LogP contribution in [-0.2, 0) is 16.1 Å². The maximum absolute atomic E-state index is 11.9. The average molecular weight is 325 g/mol. The first-order valence-electron chi connectivity index (χ1n) is 7.61. The van der Waals surface area contributed by atoms with Gasteiger partial charge >= 0.3 is 0 Å². The normalized spacial score (nSPS) is 10.0. The topological polar surface area (TPSA) is 88.2 Å². The molecule has 0 spiro atoms. The Labute approximate surface area is 140 Å². The summed E-state index contributed by atoms with van der Waals surface area (Å²) in [6.45, 7) is 1.84. The van der Waals surface area contributed by atoms with Crippen LogP contribution in [0.1, 0.15) is 35.7 Å². The smallest absolute Gasteiger partial charge is 0.253 e. The van der Waals surface area contributed by atoms with E-state index in [1.54, 1.807) is 30.5 Å². The van der Waals surface area contributed by atoms with Crippen molar-refractivity contribution in [1.29, 1.82) is 0 Å². The number of anilines is 1. The van der Waals surface area contributed by atoms with E-state index < -0.39 is 0 Å². The molecule has 2 N–H and O–H groups in total. The Kier molecular flexibility index (Phi) is 6.19. The van der Waals surface area contributed by atoms with Gasteiger partial charge in [0.15, 0.2) is 0 Å². The van der Waals surface area contributed by atoms with Gasteiger partial charge in [-0.2, -0.15) is 0 Å². The van der Waals surface area contributed by atoms with Crippen LogP contribution in [0.3, 0.4) is 0 Å². The summed E-state index contributed by atoms with van der Waals surface area (Å²) in [5.41, 5.74) is 2.08. The summed E-state index contributed by atoms with van der Waals surface area (Å²) in [6, 6.07) is 10.6. The lowest BCUT2D eigenvalue weighted by atomic mass is 10.2. The van der Waals surface area contributed by atoms with E-state index in [1.807, 2.05) is 12.1 Å². The van der Waals surface area contributed by atoms with Crippen LogP contribution >= 0.6 is 0 Å². The molecular formula is C18H19N3O3. The summed E-state index contributed by atoms with van der Waals surface area (Å²) in [7, 11) is 0. The lowest BCUT2D eigenvalue weighted by molar-refractivity contribution is -0.121. The van der Waals surface area contributed by atoms with Crippen molar-refractivity contribution in [2.45, 2.75) is 26.3 Å². The number of nitrogens with zero attached hydrogens (tertiary/aromatic N) is 1. The molecule has 2 rings (SSSR count). The number of hydrogen-bond acceptors (Lipinski definition) is 4. The fraction of sp³-hybridized carbons (Fsp3) is 0.222. The second-order valence-electron chi connectivity index (χ2n) is 5.37. The molecule has 0 saturated carbocycles. The molecule has 0 bridgehead atoms. The fourth-order valence-corrected chi connectivity index (χ4v) is 2.00. The van der Waals surface area contributed by atoms with Gasteiger partial charge in [0.05, 0.1) is 5.56 Å². The highest BCUT2D eigenvalue weighted by molar-refractivity contribution is 5.94. The molecule has 0 atom stereocenters. The zero-order chi connectivity index (χ0) is 17.4. The molecule has 1 aromatic carbocycles. The number of nitrogens with one attached hydrogen (secondary N) is 2. The van der Waals surface area contributed by atoms with Crippen molar-refractivity contribution in [2.24, 2.45) is 0 Å². The molecular weight excluding hydrogens is 306 g/mol. The third kappa shape index (κ3) is 5.64. The molecule has 2 amide bonds. The first kappa shape index (κ1) is 17.3. The minimum atomic E-state index is -0.192. The van der Waals surface area contributed by atoms with E-state index in [1.165, 1.54) is 13.1 Å². The molecule has 1 heterocycles. The molecule has 0 radical (unpaired) electrons. The van der Waals surface area contributed by atoms with Gasteiger partial charge in [-0.25, -0.2) is 0 Å². The van der Waals surface area contributed by atoms with E-state index in [4.69, 9.17) is 0 Å². The summed E-state index contributed by atoms with van der Waals surface area (Å²) >= 11 is 0. The largest absolute Gasteiger partial charge is 0.348 e. The summed E-state index contributed by atoms with van der Waals surface area (Å²) in [5.74, 6) is -0.391. The summed E-state index contributed by atoms with van der Waals surface area (Å²) in [4.78, 5) is 38.3. The van der Waals surface area contributed by atoms with Gasteiger partial charge in [0, 0.05) is 37.5 Å². The standard InChI is InChI=1S/C18H19N3O3/c1-13(22)4-9-17(23)21-16-7-5-14(6-8-16)11-20-18(24)15-3-2-10-19-12-15/h2-3,5-8,10,12H,4,9,11H2,1H3,(H,20,24)(H,21,23). The molecule has 0 aliphatic rings. The monoisotopic (exact) mass is 325 g/mol. The first-order chi connectivity index (χ1) is 11.5. The van der Waals surface area contributed by atoms with E-state index in [0.29, 0.717) is 17.8 Å². The molecule has 6 heteroatoms. The molecule has 0 fully saturated rings. The lowest BCUT2D eigenvalue weighted by Gasteiger charge is -2.07. The van der Waals surface area contributed by atoms with Crippen molar-refractivity contribution in [2.75, 3.05) is 5.32 Å². The number of amides is 2. The lowest BCUT2D eigenvalue weighted by Crippen LogP contribution is -2.22. The number of benzene rings is 1. The predicted octanol–water partition coefficient (Wildman–Crippen LogP) is 2.32. The molecule has 124 valence electrons. The van der Waals surface area contributed by atoms with Crippen molar-refractivity contribution in [1.82, 2.24) is 10.3 Å². The second-order valence-corrected chi connectivity index (χ2v) is 5.37. The Balaban J connectivity index is 1.82. The summed E-state index contributed by atoms with van der Waals surface area (Å²) in [6.07, 6.45) is 3.54. The van der Waals surface area contributed by atoms with Crippen LogP contribution in [0.25, 0.3) is 0 Å². The summed E-state index contributed by atoms with van der Waals surface area (Å²) in [5, 5.41) is 5.53. The van der Waals surface area contributed by atoms with Crippen LogP contribution in [0.2, 0.25) is 0 Å². The van der Waals surface area contributed by atoms with Gasteiger partial charge in [-0.3, -0.25) is 14.6 Å². The minimum Gasteiger partial charge on any atom is -0.348 e. The van der Waals surface area contributed by atoms with Crippen molar-refractivity contribution in [3.63, 3.8) is 0 Å². The maximum atomic E-state index is 11.9. The van der Waals surface area contributed by atoms with E-state index in [2.05, 4.69) is 15.6 Å². The van der Waals surface area contributed by atoms with Crippen LogP contribution in [-0.4, -0.2) is 22.6 Å². The highest BCUT2D eigenvalue weighted by Gasteiger charge is 2.06. The van der Waals surface area contributed by atoms with Crippen molar-refractivity contribution < 1.29 is 14.4 Å². The molecule has 0 saturated heterocycles. The molecule has 6 nitrogen and oxygen atoms in total. The Morgan fingerprint density at radius 2 is 1.79 bits per heavy atom. The number of pyridine rings is 1. The van der Waals surface area contributed by atoms with Crippen LogP contribution in [0, 0.1) is 0 Å². The van der Waals surface area contributed by atoms with Gasteiger partial charge in [0.2, 0.25) is 5.91 Å². The van der Waals surface area contributed by atoms with E-state index in [0.717, 1.165) is 5.56 Å². The van der Waals surface area contributed by atoms with Gasteiger partial charge in [-0.1, -0.05) is 12.1 Å². The Bertz CT molecular complexity index is 712. The zero-order valence-electron chi connectivity index (χ0n) is 13.4. The molecule has 0 unspecified atom stereocenters. The van der Waals surface area contributed by atoms with Gasteiger partial charge in [0.1, 0.15) is 5.78 Å². The Morgan fingerprint density at radius 1 is 1.04 bits per heavy atom. The van der Waals surface area contributed by atoms with Crippen LogP contribution in [0.15, 0.2) is 48.8 Å². The molecule has 0 aliphatic carbocycles. The van der Waals surface area contributed by atoms with Gasteiger partial charge in [-0.05, 0) is 36.8 Å². The van der Waals surface area contributed by atoms with Gasteiger partial charge in [-0.15, -0.1) is 0 Å². The maximum Gasteiger partial charge on any atom is 0.253 e. The number of Topliss-reactive ketones (excluding diaryl/α,β-unsaturated/α-hetero) is 1. The minimum absolute atomic E-state index is 0.00939. The SMILES string of the molecule is CC(=O)CCC(=O)Nc1ccc(CNC(=O)c2cccnc2)cc1. The Hall–Kier alpha value is -3.02. The number of ketones is 1. The quantitative estimate of drug-likeness (QED) is 0.818. The number of aromatic nitrogens is 1. The van der Waals surface area contributed by atoms with E-state index in [9.17, 15) is 14.4 Å². The molecule has 2 aromatic rings. The summed E-state index contributed by atoms with van der Waals surface area (Å²) < 4.78 is 0. The van der Waals surface area contributed by atoms with E-state index in [-0.39, 0.29) is 30.4 Å². The van der Waals surface area contributed by atoms with Gasteiger partial charge in [0.25, 0.3) is 5.91 Å². The first-order valence-corrected chi connectivity index (χ1v) is 7.61. The Morgan fingerprint density at radius 3 is 2.42 bits per heavy atom. The molecule has 1 aromatic heterocycles. The predicted molar refractivity (Wildman–Crippen MR) is 90.4 cm³/mol. The van der Waals surface area contributed by atoms with Crippen LogP contribution < -0.4 is 10.6 Å². The van der Waals surface area contributed by atoms with E-state index >= 15 is 0 Å². The van der Waals surface area contributed by atoms with Crippen molar-refractivity contribution in [3.05, 3.63) is 59.9 Å². The average Bonchev–Trinajstić information content (AvgIpc) is 2.60. The third-order valence-corrected chi connectivity index (χ3v) is 3.32.